The summed E-state index contributed by atoms with van der Waals surface area (Å²) < 4.78 is 0. The fourth-order valence-electron chi connectivity index (χ4n) is 1.41. The molecule has 2 rings (SSSR count). The maximum atomic E-state index is 11.4. The number of hydrogen-bond acceptors (Lipinski definition) is 3. The molecule has 1 N–H and O–H groups in total. The number of amides is 1. The van der Waals surface area contributed by atoms with Crippen LogP contribution < -0.4 is 5.32 Å². The molecular weight excluding hydrogens is 256 g/mol. The van der Waals surface area contributed by atoms with Crippen LogP contribution in [0.5, 0.6) is 0 Å². The number of anilines is 1. The Hall–Kier alpha value is -1.39. The molecule has 5 heteroatoms. The van der Waals surface area contributed by atoms with Gasteiger partial charge in [0, 0.05) is 35.1 Å². The second kappa shape index (κ2) is 5.80. The van der Waals surface area contributed by atoms with Crippen molar-refractivity contribution in [2.24, 2.45) is 0 Å². The third-order valence-electron chi connectivity index (χ3n) is 2.15. The topological polar surface area (TPSA) is 42.0 Å². The Morgan fingerprint density at radius 3 is 3.06 bits per heavy atom. The summed E-state index contributed by atoms with van der Waals surface area (Å²) in [5.74, 6) is 0.258. The molecule has 0 aliphatic carbocycles. The van der Waals surface area contributed by atoms with Gasteiger partial charge in [-0.15, -0.1) is 22.9 Å². The van der Waals surface area contributed by atoms with Crippen LogP contribution in [-0.2, 0) is 4.79 Å². The van der Waals surface area contributed by atoms with Crippen LogP contribution in [-0.4, -0.2) is 16.8 Å². The maximum absolute atomic E-state index is 11.4. The summed E-state index contributed by atoms with van der Waals surface area (Å²) in [6.07, 6.45) is 2.09. The predicted molar refractivity (Wildman–Crippen MR) is 71.5 cm³/mol. The first-order chi connectivity index (χ1) is 8.29. The Morgan fingerprint density at radius 2 is 2.35 bits per heavy atom. The molecule has 0 saturated heterocycles. The number of thiazole rings is 1. The van der Waals surface area contributed by atoms with E-state index < -0.39 is 0 Å². The van der Waals surface area contributed by atoms with Crippen LogP contribution in [0.4, 0.5) is 5.69 Å². The molecule has 1 aromatic carbocycles. The van der Waals surface area contributed by atoms with Gasteiger partial charge in [-0.05, 0) is 12.1 Å². The molecule has 0 aliphatic rings. The summed E-state index contributed by atoms with van der Waals surface area (Å²) in [6.45, 7) is 0. The van der Waals surface area contributed by atoms with Gasteiger partial charge < -0.3 is 5.32 Å². The van der Waals surface area contributed by atoms with Crippen LogP contribution in [0.15, 0.2) is 35.8 Å². The maximum Gasteiger partial charge on any atom is 0.225 e. The quantitative estimate of drug-likeness (QED) is 0.862. The first-order valence-electron chi connectivity index (χ1n) is 5.15. The first-order valence-corrected chi connectivity index (χ1v) is 6.57. The highest BCUT2D eigenvalue weighted by molar-refractivity contribution is 7.13. The largest absolute Gasteiger partial charge is 0.326 e. The number of nitrogens with one attached hydrogen (secondary N) is 1. The van der Waals surface area contributed by atoms with Crippen LogP contribution in [0.3, 0.4) is 0 Å². The minimum absolute atomic E-state index is 0.0729. The minimum atomic E-state index is -0.0729. The monoisotopic (exact) mass is 266 g/mol. The predicted octanol–water partition coefficient (Wildman–Crippen LogP) is 3.38. The van der Waals surface area contributed by atoms with E-state index >= 15 is 0 Å². The van der Waals surface area contributed by atoms with E-state index in [1.807, 2.05) is 29.6 Å². The van der Waals surface area contributed by atoms with Gasteiger partial charge in [-0.3, -0.25) is 4.79 Å². The SMILES string of the molecule is O=C(CCCl)Nc1cccc(-c2nccs2)c1. The van der Waals surface area contributed by atoms with Crippen LogP contribution in [0.25, 0.3) is 10.6 Å². The average molecular weight is 267 g/mol. The number of benzene rings is 1. The van der Waals surface area contributed by atoms with Crippen molar-refractivity contribution in [3.63, 3.8) is 0 Å². The molecule has 0 saturated carbocycles. The van der Waals surface area contributed by atoms with E-state index in [0.717, 1.165) is 16.3 Å². The fourth-order valence-corrected chi connectivity index (χ4v) is 2.21. The van der Waals surface area contributed by atoms with Gasteiger partial charge in [-0.1, -0.05) is 12.1 Å². The molecule has 88 valence electrons. The summed E-state index contributed by atoms with van der Waals surface area (Å²) in [5, 5.41) is 5.67. The first kappa shape index (κ1) is 12.1. The number of alkyl halides is 1. The molecule has 17 heavy (non-hydrogen) atoms. The Labute approximate surface area is 108 Å². The van der Waals surface area contributed by atoms with Gasteiger partial charge >= 0.3 is 0 Å². The van der Waals surface area contributed by atoms with Gasteiger partial charge in [-0.2, -0.15) is 0 Å². The summed E-state index contributed by atoms with van der Waals surface area (Å²) >= 11 is 7.07. The highest BCUT2D eigenvalue weighted by Crippen LogP contribution is 2.24. The Kier molecular flexibility index (Phi) is 4.12. The van der Waals surface area contributed by atoms with Crippen LogP contribution in [0.2, 0.25) is 0 Å². The number of carbonyl (C=O) groups is 1. The summed E-state index contributed by atoms with van der Waals surface area (Å²) in [7, 11) is 0. The van der Waals surface area contributed by atoms with E-state index in [1.165, 1.54) is 0 Å². The number of nitrogens with zero attached hydrogens (tertiary/aromatic N) is 1. The van der Waals surface area contributed by atoms with Crippen LogP contribution in [0.1, 0.15) is 6.42 Å². The second-order valence-corrected chi connectivity index (χ2v) is 4.68. The number of hydrogen-bond donors (Lipinski definition) is 1. The summed E-state index contributed by atoms with van der Waals surface area (Å²) in [5.41, 5.74) is 1.77. The lowest BCUT2D eigenvalue weighted by Crippen LogP contribution is -2.11. The molecule has 0 radical (unpaired) electrons. The Bertz CT molecular complexity index is 499. The van der Waals surface area contributed by atoms with Crippen molar-refractivity contribution in [1.29, 1.82) is 0 Å². The van der Waals surface area contributed by atoms with Crippen LogP contribution in [0, 0.1) is 0 Å². The van der Waals surface area contributed by atoms with Gasteiger partial charge in [0.1, 0.15) is 5.01 Å². The van der Waals surface area contributed by atoms with Gasteiger partial charge in [0.25, 0.3) is 0 Å². The van der Waals surface area contributed by atoms with Crippen molar-refractivity contribution in [3.8, 4) is 10.6 Å². The zero-order chi connectivity index (χ0) is 12.1. The molecule has 0 aliphatic heterocycles. The van der Waals surface area contributed by atoms with Crippen molar-refractivity contribution in [2.75, 3.05) is 11.2 Å². The number of rotatable bonds is 4. The molecule has 0 bridgehead atoms. The van der Waals surface area contributed by atoms with Crippen molar-refractivity contribution >= 4 is 34.5 Å². The molecule has 2 aromatic rings. The van der Waals surface area contributed by atoms with Crippen LogP contribution >= 0.6 is 22.9 Å². The smallest absolute Gasteiger partial charge is 0.225 e. The lowest BCUT2D eigenvalue weighted by molar-refractivity contribution is -0.115. The molecule has 1 heterocycles. The van der Waals surface area contributed by atoms with E-state index in [0.29, 0.717) is 12.3 Å². The van der Waals surface area contributed by atoms with E-state index in [-0.39, 0.29) is 5.91 Å². The van der Waals surface area contributed by atoms with E-state index in [2.05, 4.69) is 10.3 Å². The summed E-state index contributed by atoms with van der Waals surface area (Å²) in [4.78, 5) is 15.6. The highest BCUT2D eigenvalue weighted by atomic mass is 35.5. The summed E-state index contributed by atoms with van der Waals surface area (Å²) in [6, 6.07) is 7.62. The molecular formula is C12H11ClN2OS. The molecule has 0 unspecified atom stereocenters. The van der Waals surface area contributed by atoms with Gasteiger partial charge in [-0.25, -0.2) is 4.98 Å². The molecule has 0 spiro atoms. The molecule has 0 fully saturated rings. The number of aromatic nitrogens is 1. The minimum Gasteiger partial charge on any atom is -0.326 e. The van der Waals surface area contributed by atoms with E-state index in [4.69, 9.17) is 11.6 Å². The number of carbonyl (C=O) groups excluding carboxylic acids is 1. The number of halogens is 1. The second-order valence-electron chi connectivity index (χ2n) is 3.41. The fraction of sp³-hybridized carbons (Fsp3) is 0.167. The lowest BCUT2D eigenvalue weighted by atomic mass is 10.2. The zero-order valence-electron chi connectivity index (χ0n) is 9.02. The Balaban J connectivity index is 2.15. The standard InChI is InChI=1S/C12H11ClN2OS/c13-5-4-11(16)15-10-3-1-2-9(8-10)12-14-6-7-17-12/h1-3,6-8H,4-5H2,(H,15,16). The van der Waals surface area contributed by atoms with Crippen molar-refractivity contribution in [1.82, 2.24) is 4.98 Å². The van der Waals surface area contributed by atoms with Crippen molar-refractivity contribution in [2.45, 2.75) is 6.42 Å². The van der Waals surface area contributed by atoms with Crippen molar-refractivity contribution in [3.05, 3.63) is 35.8 Å². The third kappa shape index (κ3) is 3.28. The molecule has 1 amide bonds. The molecule has 0 atom stereocenters. The Morgan fingerprint density at radius 1 is 1.47 bits per heavy atom. The van der Waals surface area contributed by atoms with Gasteiger partial charge in [0.05, 0.1) is 0 Å². The average Bonchev–Trinajstić information content (AvgIpc) is 2.83. The third-order valence-corrected chi connectivity index (χ3v) is 3.16. The molecule has 3 nitrogen and oxygen atoms in total. The highest BCUT2D eigenvalue weighted by Gasteiger charge is 2.04. The zero-order valence-corrected chi connectivity index (χ0v) is 10.6. The van der Waals surface area contributed by atoms with Gasteiger partial charge in [0.2, 0.25) is 5.91 Å². The molecule has 1 aromatic heterocycles. The van der Waals surface area contributed by atoms with Gasteiger partial charge in [0.15, 0.2) is 0 Å². The van der Waals surface area contributed by atoms with Crippen molar-refractivity contribution < 1.29 is 4.79 Å². The van der Waals surface area contributed by atoms with E-state index in [1.54, 1.807) is 17.5 Å². The van der Waals surface area contributed by atoms with E-state index in [9.17, 15) is 4.79 Å². The lowest BCUT2D eigenvalue weighted by Gasteiger charge is -2.05. The normalized spacial score (nSPS) is 10.2.